The molecule has 1 N–H and O–H groups in total. The van der Waals surface area contributed by atoms with E-state index >= 15 is 0 Å². The van der Waals surface area contributed by atoms with Crippen LogP contribution in [0, 0.1) is 6.92 Å². The van der Waals surface area contributed by atoms with Crippen LogP contribution in [0.25, 0.3) is 0 Å². The summed E-state index contributed by atoms with van der Waals surface area (Å²) in [6.45, 7) is 3.83. The molecule has 2 rings (SSSR count). The number of aryl methyl sites for hydroxylation is 1. The minimum Gasteiger partial charge on any atom is -0.496 e. The van der Waals surface area contributed by atoms with E-state index < -0.39 is 6.10 Å². The molecule has 0 aliphatic carbocycles. The molecule has 3 heteroatoms. The van der Waals surface area contributed by atoms with Crippen LogP contribution in [0.15, 0.2) is 42.5 Å². The van der Waals surface area contributed by atoms with Crippen LogP contribution in [0.5, 0.6) is 5.75 Å². The summed E-state index contributed by atoms with van der Waals surface area (Å²) in [5.74, 6) is 0.706. The lowest BCUT2D eigenvalue weighted by Crippen LogP contribution is -2.14. The Hall–Kier alpha value is -2.00. The van der Waals surface area contributed by atoms with Crippen molar-refractivity contribution in [2.75, 3.05) is 19.1 Å². The molecule has 0 aliphatic heterocycles. The number of aliphatic hydroxyl groups excluding tert-OH is 1. The lowest BCUT2D eigenvalue weighted by Gasteiger charge is -2.26. The summed E-state index contributed by atoms with van der Waals surface area (Å²) in [7, 11) is 3.63. The summed E-state index contributed by atoms with van der Waals surface area (Å²) in [6, 6.07) is 14.0. The van der Waals surface area contributed by atoms with E-state index in [0.717, 1.165) is 16.9 Å². The fourth-order valence-electron chi connectivity index (χ4n) is 2.49. The number of methoxy groups -OCH3 is 1. The van der Waals surface area contributed by atoms with Crippen LogP contribution in [0.3, 0.4) is 0 Å². The first kappa shape index (κ1) is 14.4. The number of nitrogens with zero attached hydrogens (tertiary/aromatic N) is 1. The molecule has 0 spiro atoms. The molecule has 0 saturated carbocycles. The lowest BCUT2D eigenvalue weighted by molar-refractivity contribution is 0.195. The highest BCUT2D eigenvalue weighted by Gasteiger charge is 2.18. The predicted octanol–water partition coefficient (Wildman–Crippen LogP) is 3.82. The van der Waals surface area contributed by atoms with E-state index in [9.17, 15) is 5.11 Å². The molecule has 3 nitrogen and oxygen atoms in total. The minimum atomic E-state index is -0.590. The molecule has 0 heterocycles. The molecule has 0 aromatic heterocycles. The van der Waals surface area contributed by atoms with Gasteiger partial charge in [-0.15, -0.1) is 0 Å². The monoisotopic (exact) mass is 271 g/mol. The van der Waals surface area contributed by atoms with Crippen molar-refractivity contribution in [1.29, 1.82) is 0 Å². The molecule has 1 atom stereocenters. The van der Waals surface area contributed by atoms with Crippen molar-refractivity contribution >= 4 is 11.4 Å². The standard InChI is InChI=1S/C17H21NO2/c1-12-8-5-6-9-14(12)18(3)15-10-7-11-16(20-4)17(15)13(2)19/h5-11,13,19H,1-4H3/t13-/m0/s1. The number of rotatable bonds is 4. The van der Waals surface area contributed by atoms with Crippen molar-refractivity contribution in [3.05, 3.63) is 53.6 Å². The van der Waals surface area contributed by atoms with Gasteiger partial charge >= 0.3 is 0 Å². The highest BCUT2D eigenvalue weighted by molar-refractivity contribution is 5.70. The molecule has 106 valence electrons. The van der Waals surface area contributed by atoms with Gasteiger partial charge in [-0.1, -0.05) is 24.3 Å². The third kappa shape index (κ3) is 2.63. The quantitative estimate of drug-likeness (QED) is 0.917. The zero-order valence-electron chi connectivity index (χ0n) is 12.4. The van der Waals surface area contributed by atoms with Crippen LogP contribution in [0.2, 0.25) is 0 Å². The van der Waals surface area contributed by atoms with Crippen LogP contribution in [0.4, 0.5) is 11.4 Å². The maximum absolute atomic E-state index is 10.1. The number of para-hydroxylation sites is 1. The second-order valence-corrected chi connectivity index (χ2v) is 4.91. The van der Waals surface area contributed by atoms with E-state index in [1.807, 2.05) is 37.4 Å². The second-order valence-electron chi connectivity index (χ2n) is 4.91. The molecule has 0 fully saturated rings. The maximum atomic E-state index is 10.1. The Labute approximate surface area is 120 Å². The Morgan fingerprint density at radius 3 is 2.30 bits per heavy atom. The molecule has 2 aromatic rings. The fraction of sp³-hybridized carbons (Fsp3) is 0.294. The third-order valence-corrected chi connectivity index (χ3v) is 3.52. The van der Waals surface area contributed by atoms with Gasteiger partial charge in [-0.2, -0.15) is 0 Å². The van der Waals surface area contributed by atoms with Crippen LogP contribution < -0.4 is 9.64 Å². The number of anilines is 2. The van der Waals surface area contributed by atoms with Crippen molar-refractivity contribution < 1.29 is 9.84 Å². The third-order valence-electron chi connectivity index (χ3n) is 3.52. The number of benzene rings is 2. The highest BCUT2D eigenvalue weighted by atomic mass is 16.5. The maximum Gasteiger partial charge on any atom is 0.126 e. The van der Waals surface area contributed by atoms with E-state index in [1.165, 1.54) is 5.56 Å². The molecule has 0 radical (unpaired) electrons. The summed E-state index contributed by atoms with van der Waals surface area (Å²) in [6.07, 6.45) is -0.590. The molecule has 2 aromatic carbocycles. The smallest absolute Gasteiger partial charge is 0.126 e. The molecule has 0 aliphatic rings. The fourth-order valence-corrected chi connectivity index (χ4v) is 2.49. The number of aliphatic hydroxyl groups is 1. The normalized spacial score (nSPS) is 12.1. The Morgan fingerprint density at radius 1 is 1.05 bits per heavy atom. The van der Waals surface area contributed by atoms with E-state index in [1.54, 1.807) is 14.0 Å². The van der Waals surface area contributed by atoms with Gasteiger partial charge < -0.3 is 14.7 Å². The van der Waals surface area contributed by atoms with E-state index in [2.05, 4.69) is 24.0 Å². The number of hydrogen-bond acceptors (Lipinski definition) is 3. The van der Waals surface area contributed by atoms with Gasteiger partial charge in [-0.25, -0.2) is 0 Å². The molecule has 0 unspecified atom stereocenters. The average molecular weight is 271 g/mol. The van der Waals surface area contributed by atoms with Crippen LogP contribution in [-0.4, -0.2) is 19.3 Å². The summed E-state index contributed by atoms with van der Waals surface area (Å²) in [5.41, 5.74) is 4.06. The molecule has 0 amide bonds. The van der Waals surface area contributed by atoms with Crippen molar-refractivity contribution in [3.63, 3.8) is 0 Å². The topological polar surface area (TPSA) is 32.7 Å². The first-order valence-electron chi connectivity index (χ1n) is 6.70. The van der Waals surface area contributed by atoms with Gasteiger partial charge in [0, 0.05) is 18.3 Å². The Bertz CT molecular complexity index is 593. The largest absolute Gasteiger partial charge is 0.496 e. The van der Waals surface area contributed by atoms with E-state index in [0.29, 0.717) is 5.75 Å². The van der Waals surface area contributed by atoms with Crippen molar-refractivity contribution in [2.24, 2.45) is 0 Å². The Balaban J connectivity index is 2.55. The van der Waals surface area contributed by atoms with E-state index in [-0.39, 0.29) is 0 Å². The van der Waals surface area contributed by atoms with Crippen LogP contribution in [-0.2, 0) is 0 Å². The highest BCUT2D eigenvalue weighted by Crippen LogP contribution is 2.37. The zero-order valence-corrected chi connectivity index (χ0v) is 12.4. The van der Waals surface area contributed by atoms with Crippen LogP contribution >= 0.6 is 0 Å². The molecule has 0 bridgehead atoms. The van der Waals surface area contributed by atoms with Gasteiger partial charge in [0.25, 0.3) is 0 Å². The minimum absolute atomic E-state index is 0.590. The van der Waals surface area contributed by atoms with Gasteiger partial charge in [0.05, 0.1) is 18.9 Å². The average Bonchev–Trinajstić information content (AvgIpc) is 2.46. The molecule has 20 heavy (non-hydrogen) atoms. The summed E-state index contributed by atoms with van der Waals surface area (Å²) in [5, 5.41) is 10.1. The van der Waals surface area contributed by atoms with Gasteiger partial charge in [-0.05, 0) is 37.6 Å². The zero-order chi connectivity index (χ0) is 14.7. The molecular weight excluding hydrogens is 250 g/mol. The van der Waals surface area contributed by atoms with Crippen molar-refractivity contribution in [1.82, 2.24) is 0 Å². The number of hydrogen-bond donors (Lipinski definition) is 1. The Kier molecular flexibility index (Phi) is 4.30. The SMILES string of the molecule is COc1cccc(N(C)c2ccccc2C)c1[C@H](C)O. The summed E-state index contributed by atoms with van der Waals surface area (Å²) >= 11 is 0. The Morgan fingerprint density at radius 2 is 1.70 bits per heavy atom. The summed E-state index contributed by atoms with van der Waals surface area (Å²) < 4.78 is 5.38. The summed E-state index contributed by atoms with van der Waals surface area (Å²) in [4.78, 5) is 2.08. The van der Waals surface area contributed by atoms with E-state index in [4.69, 9.17) is 4.74 Å². The molecular formula is C17H21NO2. The van der Waals surface area contributed by atoms with Gasteiger partial charge in [0.1, 0.15) is 5.75 Å². The van der Waals surface area contributed by atoms with Crippen molar-refractivity contribution in [3.8, 4) is 5.75 Å². The van der Waals surface area contributed by atoms with Crippen molar-refractivity contribution in [2.45, 2.75) is 20.0 Å². The van der Waals surface area contributed by atoms with Crippen LogP contribution in [0.1, 0.15) is 24.2 Å². The lowest BCUT2D eigenvalue weighted by atomic mass is 10.0. The molecule has 0 saturated heterocycles. The van der Waals surface area contributed by atoms with Gasteiger partial charge in [0.15, 0.2) is 0 Å². The van der Waals surface area contributed by atoms with Gasteiger partial charge in [0.2, 0.25) is 0 Å². The first-order chi connectivity index (χ1) is 9.56. The second kappa shape index (κ2) is 5.97. The predicted molar refractivity (Wildman–Crippen MR) is 82.9 cm³/mol. The number of ether oxygens (including phenoxy) is 1. The van der Waals surface area contributed by atoms with Gasteiger partial charge in [-0.3, -0.25) is 0 Å². The first-order valence-corrected chi connectivity index (χ1v) is 6.70.